The summed E-state index contributed by atoms with van der Waals surface area (Å²) in [6, 6.07) is 0. The van der Waals surface area contributed by atoms with Crippen LogP contribution in [-0.2, 0) is 9.53 Å². The van der Waals surface area contributed by atoms with Gasteiger partial charge in [0.05, 0.1) is 17.3 Å². The smallest absolute Gasteiger partial charge is 0.416 e. The van der Waals surface area contributed by atoms with Crippen LogP contribution in [0.4, 0.5) is 13.2 Å². The van der Waals surface area contributed by atoms with E-state index in [2.05, 4.69) is 18.7 Å². The molecule has 0 aromatic heterocycles. The molecule has 2 saturated heterocycles. The molecule has 0 saturated carbocycles. The number of fused-ring (bicyclic) bond motifs is 1. The van der Waals surface area contributed by atoms with Crippen LogP contribution in [0.25, 0.3) is 0 Å². The van der Waals surface area contributed by atoms with Gasteiger partial charge in [-0.05, 0) is 57.0 Å². The molecule has 3 heterocycles. The molecule has 2 fully saturated rings. The van der Waals surface area contributed by atoms with Crippen molar-refractivity contribution in [2.24, 2.45) is 11.3 Å². The normalized spacial score (nSPS) is 33.0. The lowest BCUT2D eigenvalue weighted by Gasteiger charge is -2.35. The van der Waals surface area contributed by atoms with Gasteiger partial charge in [-0.2, -0.15) is 13.2 Å². The second kappa shape index (κ2) is 8.94. The summed E-state index contributed by atoms with van der Waals surface area (Å²) >= 11 is 0. The van der Waals surface area contributed by atoms with Crippen molar-refractivity contribution in [2.75, 3.05) is 26.2 Å². The Labute approximate surface area is 171 Å². The minimum absolute atomic E-state index is 0.00864. The first-order valence-electron chi connectivity index (χ1n) is 10.5. The average molecular weight is 412 g/mol. The van der Waals surface area contributed by atoms with Gasteiger partial charge in [-0.3, -0.25) is 4.79 Å². The van der Waals surface area contributed by atoms with Crippen molar-refractivity contribution in [3.63, 3.8) is 0 Å². The average Bonchev–Trinajstić information content (AvgIpc) is 2.95. The number of likely N-dealkylation sites (tertiary alicyclic amines) is 1. The van der Waals surface area contributed by atoms with Crippen LogP contribution in [0.15, 0.2) is 36.1 Å². The van der Waals surface area contributed by atoms with Gasteiger partial charge in [-0.15, -0.1) is 0 Å². The second-order valence-electron chi connectivity index (χ2n) is 8.57. The summed E-state index contributed by atoms with van der Waals surface area (Å²) < 4.78 is 44.9. The first-order chi connectivity index (χ1) is 13.7. The number of piperidine rings is 1. The first-order valence-corrected chi connectivity index (χ1v) is 10.5. The van der Waals surface area contributed by atoms with Crippen LogP contribution in [0.2, 0.25) is 0 Å². The van der Waals surface area contributed by atoms with E-state index in [9.17, 15) is 18.0 Å². The van der Waals surface area contributed by atoms with E-state index < -0.39 is 23.4 Å². The minimum atomic E-state index is -4.44. The summed E-state index contributed by atoms with van der Waals surface area (Å²) in [7, 11) is 0. The van der Waals surface area contributed by atoms with Crippen molar-refractivity contribution in [1.29, 1.82) is 0 Å². The van der Waals surface area contributed by atoms with Crippen molar-refractivity contribution in [3.8, 4) is 0 Å². The van der Waals surface area contributed by atoms with E-state index in [1.54, 1.807) is 4.90 Å². The molecule has 7 heteroatoms. The van der Waals surface area contributed by atoms with E-state index in [1.807, 2.05) is 0 Å². The van der Waals surface area contributed by atoms with E-state index in [0.29, 0.717) is 6.42 Å². The number of amides is 1. The monoisotopic (exact) mass is 412 g/mol. The van der Waals surface area contributed by atoms with E-state index in [1.165, 1.54) is 37.7 Å². The third kappa shape index (κ3) is 4.87. The maximum Gasteiger partial charge on any atom is 0.416 e. The molecule has 3 aliphatic rings. The third-order valence-corrected chi connectivity index (χ3v) is 6.52. The molecule has 1 amide bonds. The summed E-state index contributed by atoms with van der Waals surface area (Å²) in [5, 5.41) is 0. The maximum absolute atomic E-state index is 13.5. The molecular formula is C22H31F3N2O2. The Balaban J connectivity index is 1.77. The number of hydrogen-bond donors (Lipinski definition) is 0. The molecular weight excluding hydrogens is 381 g/mol. The van der Waals surface area contributed by atoms with Crippen molar-refractivity contribution in [3.05, 3.63) is 36.1 Å². The van der Waals surface area contributed by atoms with Crippen molar-refractivity contribution in [1.82, 2.24) is 9.80 Å². The molecule has 0 aromatic carbocycles. The fourth-order valence-electron chi connectivity index (χ4n) is 4.59. The molecule has 0 aliphatic carbocycles. The van der Waals surface area contributed by atoms with E-state index in [-0.39, 0.29) is 18.4 Å². The number of carbonyl (C=O) groups excluding carboxylic acids is 1. The predicted molar refractivity (Wildman–Crippen MR) is 106 cm³/mol. The first kappa shape index (κ1) is 21.9. The highest BCUT2D eigenvalue weighted by Crippen LogP contribution is 2.46. The SMILES string of the molecule is CC(C)C1(CCN2CCCCC2)CC2O/C=C/C=C(C(F)(F)F)\C=C\CN2C1=O. The van der Waals surface area contributed by atoms with Crippen LogP contribution in [0.1, 0.15) is 46.0 Å². The van der Waals surface area contributed by atoms with Gasteiger partial charge in [-0.1, -0.05) is 32.4 Å². The Hall–Kier alpha value is -1.76. The lowest BCUT2D eigenvalue weighted by molar-refractivity contribution is -0.141. The standard InChI is InChI=1S/C22H31F3N2O2/c1-17(2)21(10-14-26-11-4-3-5-12-26)16-19-27(20(21)28)13-6-8-18(22(23,24)25)9-7-15-29-19/h6-9,15,17,19H,3-5,10-14,16H2,1-2H3/b8-6+,15-7+,18-9+. The van der Waals surface area contributed by atoms with E-state index >= 15 is 0 Å². The number of carbonyl (C=O) groups is 1. The van der Waals surface area contributed by atoms with Crippen LogP contribution in [0.3, 0.4) is 0 Å². The lowest BCUT2D eigenvalue weighted by atomic mass is 9.72. The Bertz CT molecular complexity index is 678. The fourth-order valence-corrected chi connectivity index (χ4v) is 4.59. The van der Waals surface area contributed by atoms with Crippen LogP contribution >= 0.6 is 0 Å². The zero-order valence-electron chi connectivity index (χ0n) is 17.3. The Kier molecular flexibility index (Phi) is 6.76. The highest BCUT2D eigenvalue weighted by atomic mass is 19.4. The zero-order valence-corrected chi connectivity index (χ0v) is 17.3. The molecule has 162 valence electrons. The lowest BCUT2D eigenvalue weighted by Crippen LogP contribution is -2.42. The molecule has 29 heavy (non-hydrogen) atoms. The number of allylic oxidation sites excluding steroid dienone is 4. The summed E-state index contributed by atoms with van der Waals surface area (Å²) in [6.07, 6.45) is 6.06. The maximum atomic E-state index is 13.5. The Morgan fingerprint density at radius 2 is 1.97 bits per heavy atom. The fraction of sp³-hybridized carbons (Fsp3) is 0.682. The molecule has 3 aliphatic heterocycles. The number of alkyl halides is 3. The molecule has 4 nitrogen and oxygen atoms in total. The van der Waals surface area contributed by atoms with Crippen LogP contribution in [-0.4, -0.2) is 54.3 Å². The molecule has 0 spiro atoms. The van der Waals surface area contributed by atoms with Gasteiger partial charge in [0.25, 0.3) is 0 Å². The number of nitrogens with zero attached hydrogens (tertiary/aromatic N) is 2. The number of halogens is 3. The van der Waals surface area contributed by atoms with Gasteiger partial charge in [0.1, 0.15) is 0 Å². The quantitative estimate of drug-likeness (QED) is 0.674. The molecule has 0 aromatic rings. The Morgan fingerprint density at radius 3 is 2.62 bits per heavy atom. The van der Waals surface area contributed by atoms with Gasteiger partial charge in [0.15, 0.2) is 6.23 Å². The number of rotatable bonds is 4. The summed E-state index contributed by atoms with van der Waals surface area (Å²) in [6.45, 7) is 7.25. The van der Waals surface area contributed by atoms with Gasteiger partial charge in [0, 0.05) is 13.0 Å². The zero-order chi connectivity index (χ0) is 21.1. The van der Waals surface area contributed by atoms with Gasteiger partial charge in [0.2, 0.25) is 5.91 Å². The van der Waals surface area contributed by atoms with E-state index in [4.69, 9.17) is 4.74 Å². The highest BCUT2D eigenvalue weighted by molar-refractivity contribution is 5.85. The molecule has 0 N–H and O–H groups in total. The number of hydrogen-bond acceptors (Lipinski definition) is 3. The van der Waals surface area contributed by atoms with E-state index in [0.717, 1.165) is 38.2 Å². The highest BCUT2D eigenvalue weighted by Gasteiger charge is 2.53. The minimum Gasteiger partial charge on any atom is -0.478 e. The number of ether oxygens (including phenoxy) is 1. The van der Waals surface area contributed by atoms with Crippen LogP contribution in [0.5, 0.6) is 0 Å². The Morgan fingerprint density at radius 1 is 1.24 bits per heavy atom. The van der Waals surface area contributed by atoms with Crippen molar-refractivity contribution in [2.45, 2.75) is 58.4 Å². The summed E-state index contributed by atoms with van der Waals surface area (Å²) in [5.41, 5.74) is -1.30. The predicted octanol–water partition coefficient (Wildman–Crippen LogP) is 4.65. The molecule has 0 radical (unpaired) electrons. The van der Waals surface area contributed by atoms with Crippen molar-refractivity contribution >= 4 is 5.91 Å². The molecule has 2 atom stereocenters. The third-order valence-electron chi connectivity index (χ3n) is 6.52. The molecule has 0 bridgehead atoms. The largest absolute Gasteiger partial charge is 0.478 e. The summed E-state index contributed by atoms with van der Waals surface area (Å²) in [5.74, 6) is 0.114. The van der Waals surface area contributed by atoms with Crippen molar-refractivity contribution < 1.29 is 22.7 Å². The topological polar surface area (TPSA) is 32.8 Å². The van der Waals surface area contributed by atoms with Gasteiger partial charge >= 0.3 is 6.18 Å². The molecule has 3 rings (SSSR count). The van der Waals surface area contributed by atoms with Gasteiger partial charge in [-0.25, -0.2) is 0 Å². The van der Waals surface area contributed by atoms with Crippen LogP contribution in [0, 0.1) is 11.3 Å². The van der Waals surface area contributed by atoms with Gasteiger partial charge < -0.3 is 14.5 Å². The van der Waals surface area contributed by atoms with Crippen LogP contribution < -0.4 is 0 Å². The summed E-state index contributed by atoms with van der Waals surface area (Å²) in [4.78, 5) is 17.5. The second-order valence-corrected chi connectivity index (χ2v) is 8.57. The molecule has 2 unspecified atom stereocenters.